The molecule has 0 amide bonds. The minimum Gasteiger partial charge on any atom is -0.508 e. The first kappa shape index (κ1) is 22.6. The zero-order chi connectivity index (χ0) is 23.7. The number of hydrogen-bond donors (Lipinski definition) is 1. The van der Waals surface area contributed by atoms with E-state index in [9.17, 15) is 9.90 Å². The fourth-order valence-corrected chi connectivity index (χ4v) is 5.83. The third kappa shape index (κ3) is 4.72. The highest BCUT2D eigenvalue weighted by Gasteiger charge is 2.22. The molecule has 1 aromatic heterocycles. The SMILES string of the molecule is Cc1ccc(C(=O)c2sc3cc(O)ccc3c2-c2ccc(OCCN3CC[C@@H](C)C3)cc2)cc1. The molecule has 0 aliphatic carbocycles. The van der Waals surface area contributed by atoms with Crippen molar-refractivity contribution < 1.29 is 14.6 Å². The van der Waals surface area contributed by atoms with Crippen molar-refractivity contribution in [3.05, 3.63) is 82.7 Å². The molecule has 1 fully saturated rings. The topological polar surface area (TPSA) is 49.8 Å². The van der Waals surface area contributed by atoms with Crippen LogP contribution in [0.25, 0.3) is 21.2 Å². The van der Waals surface area contributed by atoms with Gasteiger partial charge in [0.05, 0.1) is 4.88 Å². The van der Waals surface area contributed by atoms with Gasteiger partial charge in [0.25, 0.3) is 0 Å². The number of ketones is 1. The normalized spacial score (nSPS) is 16.2. The summed E-state index contributed by atoms with van der Waals surface area (Å²) < 4.78 is 6.89. The molecule has 4 nitrogen and oxygen atoms in total. The number of phenols is 1. The molecule has 0 spiro atoms. The molecule has 3 aromatic carbocycles. The second-order valence-electron chi connectivity index (χ2n) is 9.25. The van der Waals surface area contributed by atoms with Crippen molar-refractivity contribution in [3.63, 3.8) is 0 Å². The van der Waals surface area contributed by atoms with Gasteiger partial charge in [0.2, 0.25) is 5.78 Å². The molecule has 4 aromatic rings. The summed E-state index contributed by atoms with van der Waals surface area (Å²) in [7, 11) is 0. The molecule has 0 saturated carbocycles. The van der Waals surface area contributed by atoms with Gasteiger partial charge in [0.1, 0.15) is 18.1 Å². The van der Waals surface area contributed by atoms with Crippen LogP contribution in [0.1, 0.15) is 34.1 Å². The Morgan fingerprint density at radius 1 is 1.09 bits per heavy atom. The molecule has 5 heteroatoms. The largest absolute Gasteiger partial charge is 0.508 e. The van der Waals surface area contributed by atoms with E-state index in [1.807, 2.05) is 61.5 Å². The second kappa shape index (κ2) is 9.61. The van der Waals surface area contributed by atoms with Crippen molar-refractivity contribution in [1.82, 2.24) is 4.90 Å². The van der Waals surface area contributed by atoms with Crippen molar-refractivity contribution >= 4 is 27.2 Å². The van der Waals surface area contributed by atoms with Gasteiger partial charge >= 0.3 is 0 Å². The van der Waals surface area contributed by atoms with Crippen LogP contribution in [-0.4, -0.2) is 42.0 Å². The number of carbonyl (C=O) groups excluding carboxylic acids is 1. The number of likely N-dealkylation sites (tertiary alicyclic amines) is 1. The molecule has 34 heavy (non-hydrogen) atoms. The summed E-state index contributed by atoms with van der Waals surface area (Å²) in [6.45, 7) is 8.23. The van der Waals surface area contributed by atoms with E-state index < -0.39 is 0 Å². The summed E-state index contributed by atoms with van der Waals surface area (Å²) >= 11 is 1.43. The van der Waals surface area contributed by atoms with E-state index in [1.54, 1.807) is 12.1 Å². The molecular weight excluding hydrogens is 442 g/mol. The highest BCUT2D eigenvalue weighted by atomic mass is 32.1. The van der Waals surface area contributed by atoms with Gasteiger partial charge in [-0.15, -0.1) is 11.3 Å². The summed E-state index contributed by atoms with van der Waals surface area (Å²) in [6, 6.07) is 21.0. The Labute approximate surface area is 204 Å². The number of aromatic hydroxyl groups is 1. The fourth-order valence-electron chi connectivity index (χ4n) is 4.61. The third-order valence-electron chi connectivity index (χ3n) is 6.52. The molecule has 174 valence electrons. The molecule has 2 heterocycles. The summed E-state index contributed by atoms with van der Waals surface area (Å²) in [5.74, 6) is 1.81. The van der Waals surface area contributed by atoms with Crippen LogP contribution in [0, 0.1) is 12.8 Å². The first-order chi connectivity index (χ1) is 16.5. The summed E-state index contributed by atoms with van der Waals surface area (Å²) in [6.07, 6.45) is 1.27. The van der Waals surface area contributed by atoms with E-state index in [0.717, 1.165) is 58.1 Å². The number of rotatable bonds is 7. The molecule has 1 aliphatic heterocycles. The van der Waals surface area contributed by atoms with Crippen molar-refractivity contribution in [2.45, 2.75) is 20.3 Å². The van der Waals surface area contributed by atoms with Crippen molar-refractivity contribution in [3.8, 4) is 22.6 Å². The van der Waals surface area contributed by atoms with Gasteiger partial charge in [-0.25, -0.2) is 0 Å². The van der Waals surface area contributed by atoms with E-state index in [-0.39, 0.29) is 11.5 Å². The Balaban J connectivity index is 1.42. The maximum Gasteiger partial charge on any atom is 0.203 e. The smallest absolute Gasteiger partial charge is 0.203 e. The quantitative estimate of drug-likeness (QED) is 0.311. The lowest BCUT2D eigenvalue weighted by molar-refractivity contribution is 0.104. The lowest BCUT2D eigenvalue weighted by atomic mass is 9.98. The molecule has 1 atom stereocenters. The van der Waals surface area contributed by atoms with E-state index >= 15 is 0 Å². The number of ether oxygens (including phenoxy) is 1. The number of carbonyl (C=O) groups is 1. The van der Waals surface area contributed by atoms with Crippen LogP contribution in [0.5, 0.6) is 11.5 Å². The van der Waals surface area contributed by atoms with Crippen LogP contribution in [0.4, 0.5) is 0 Å². The standard InChI is InChI=1S/C29H29NO3S/c1-19-3-5-22(6-4-19)28(32)29-27(25-12-9-23(31)17-26(25)34-29)21-7-10-24(11-8-21)33-16-15-30-14-13-20(2)18-30/h3-12,17,20,31H,13-16,18H2,1-2H3/t20-/m1/s1. The lowest BCUT2D eigenvalue weighted by Crippen LogP contribution is -2.25. The Morgan fingerprint density at radius 2 is 1.85 bits per heavy atom. The number of hydrogen-bond acceptors (Lipinski definition) is 5. The predicted molar refractivity (Wildman–Crippen MR) is 139 cm³/mol. The number of phenolic OH excluding ortho intramolecular Hbond substituents is 1. The van der Waals surface area contributed by atoms with Gasteiger partial charge in [0, 0.05) is 34.3 Å². The van der Waals surface area contributed by atoms with Crippen LogP contribution >= 0.6 is 11.3 Å². The van der Waals surface area contributed by atoms with Gasteiger partial charge in [-0.2, -0.15) is 0 Å². The highest BCUT2D eigenvalue weighted by Crippen LogP contribution is 2.41. The Kier molecular flexibility index (Phi) is 6.40. The minimum absolute atomic E-state index is 0.00384. The Morgan fingerprint density at radius 3 is 2.56 bits per heavy atom. The average molecular weight is 472 g/mol. The lowest BCUT2D eigenvalue weighted by Gasteiger charge is -2.15. The number of nitrogens with zero attached hydrogens (tertiary/aromatic N) is 1. The van der Waals surface area contributed by atoms with Crippen molar-refractivity contribution in [2.75, 3.05) is 26.2 Å². The fraction of sp³-hybridized carbons (Fsp3) is 0.276. The summed E-state index contributed by atoms with van der Waals surface area (Å²) in [4.78, 5) is 16.6. The van der Waals surface area contributed by atoms with E-state index in [2.05, 4.69) is 11.8 Å². The maximum absolute atomic E-state index is 13.5. The summed E-state index contributed by atoms with van der Waals surface area (Å²) in [5.41, 5.74) is 3.66. The molecule has 1 aliphatic rings. The molecule has 1 N–H and O–H groups in total. The number of fused-ring (bicyclic) bond motifs is 1. The Hall–Kier alpha value is -3.15. The second-order valence-corrected chi connectivity index (χ2v) is 10.3. The zero-order valence-electron chi connectivity index (χ0n) is 19.6. The minimum atomic E-state index is -0.00384. The first-order valence-electron chi connectivity index (χ1n) is 11.8. The van der Waals surface area contributed by atoms with Gasteiger partial charge in [-0.1, -0.05) is 48.9 Å². The van der Waals surface area contributed by atoms with Crippen LogP contribution in [0.15, 0.2) is 66.7 Å². The number of benzene rings is 3. The van der Waals surface area contributed by atoms with Gasteiger partial charge < -0.3 is 9.84 Å². The third-order valence-corrected chi connectivity index (χ3v) is 7.67. The molecule has 1 saturated heterocycles. The van der Waals surface area contributed by atoms with Crippen molar-refractivity contribution in [1.29, 1.82) is 0 Å². The first-order valence-corrected chi connectivity index (χ1v) is 12.6. The van der Waals surface area contributed by atoms with Crippen molar-refractivity contribution in [2.24, 2.45) is 5.92 Å². The molecule has 5 rings (SSSR count). The monoisotopic (exact) mass is 471 g/mol. The van der Waals surface area contributed by atoms with Crippen LogP contribution in [0.2, 0.25) is 0 Å². The maximum atomic E-state index is 13.5. The molecule has 0 unspecified atom stereocenters. The average Bonchev–Trinajstić information content (AvgIpc) is 3.42. The van der Waals surface area contributed by atoms with E-state index in [4.69, 9.17) is 4.74 Å². The molecule has 0 bridgehead atoms. The number of aryl methyl sites for hydroxylation is 1. The van der Waals surface area contributed by atoms with Gasteiger partial charge in [-0.05, 0) is 61.7 Å². The zero-order valence-corrected chi connectivity index (χ0v) is 20.4. The van der Waals surface area contributed by atoms with E-state index in [1.165, 1.54) is 17.8 Å². The van der Waals surface area contributed by atoms with Gasteiger partial charge in [-0.3, -0.25) is 9.69 Å². The van der Waals surface area contributed by atoms with Crippen LogP contribution in [0.3, 0.4) is 0 Å². The van der Waals surface area contributed by atoms with Crippen LogP contribution < -0.4 is 4.74 Å². The van der Waals surface area contributed by atoms with Gasteiger partial charge in [0.15, 0.2) is 0 Å². The Bertz CT molecular complexity index is 1310. The van der Waals surface area contributed by atoms with Crippen LogP contribution in [-0.2, 0) is 0 Å². The molecular formula is C29H29NO3S. The molecule has 0 radical (unpaired) electrons. The number of thiophene rings is 1. The van der Waals surface area contributed by atoms with E-state index in [0.29, 0.717) is 17.0 Å². The highest BCUT2D eigenvalue weighted by molar-refractivity contribution is 7.21. The summed E-state index contributed by atoms with van der Waals surface area (Å²) in [5, 5.41) is 11.0. The predicted octanol–water partition coefficient (Wildman–Crippen LogP) is 6.53.